The zero-order chi connectivity index (χ0) is 26.0. The summed E-state index contributed by atoms with van der Waals surface area (Å²) in [7, 11) is 3.09. The smallest absolute Gasteiger partial charge is 0.338 e. The van der Waals surface area contributed by atoms with Crippen molar-refractivity contribution in [2.45, 2.75) is 24.8 Å². The van der Waals surface area contributed by atoms with Gasteiger partial charge in [-0.25, -0.2) is 9.79 Å². The van der Waals surface area contributed by atoms with Gasteiger partial charge >= 0.3 is 5.97 Å². The molecule has 0 bridgehead atoms. The summed E-state index contributed by atoms with van der Waals surface area (Å²) in [4.78, 5) is 33.2. The van der Waals surface area contributed by atoms with Gasteiger partial charge in [0.15, 0.2) is 16.3 Å². The molecular weight excluding hydrogens is 564 g/mol. The number of fused-ring (bicyclic) bond motifs is 1. The highest BCUT2D eigenvalue weighted by molar-refractivity contribution is 9.10. The molecule has 0 amide bonds. The fraction of sp³-hybridized carbons (Fsp3) is 0.269. The van der Waals surface area contributed by atoms with Gasteiger partial charge in [0.2, 0.25) is 0 Å². The number of ether oxygens (including phenoxy) is 3. The molecule has 0 aliphatic carbocycles. The zero-order valence-corrected chi connectivity index (χ0v) is 23.7. The van der Waals surface area contributed by atoms with Gasteiger partial charge in [-0.2, -0.15) is 0 Å². The van der Waals surface area contributed by atoms with Gasteiger partial charge in [0, 0.05) is 9.37 Å². The number of rotatable bonds is 7. The molecule has 0 saturated heterocycles. The fourth-order valence-electron chi connectivity index (χ4n) is 4.02. The number of benzene rings is 2. The molecule has 0 unspecified atom stereocenters. The molecule has 36 heavy (non-hydrogen) atoms. The van der Waals surface area contributed by atoms with Gasteiger partial charge in [0.05, 0.1) is 42.7 Å². The van der Waals surface area contributed by atoms with Gasteiger partial charge in [-0.15, -0.1) is 11.8 Å². The third-order valence-electron chi connectivity index (χ3n) is 5.73. The predicted octanol–water partition coefficient (Wildman–Crippen LogP) is 4.30. The Kier molecular flexibility index (Phi) is 8.07. The first kappa shape index (κ1) is 26.2. The minimum Gasteiger partial charge on any atom is -0.493 e. The molecule has 0 saturated carbocycles. The number of allylic oxidation sites excluding steroid dienone is 1. The van der Waals surface area contributed by atoms with Crippen molar-refractivity contribution in [3.8, 4) is 11.5 Å². The molecule has 0 spiro atoms. The zero-order valence-electron chi connectivity index (χ0n) is 20.5. The van der Waals surface area contributed by atoms with Crippen LogP contribution in [0, 0.1) is 0 Å². The van der Waals surface area contributed by atoms with Gasteiger partial charge in [0.1, 0.15) is 0 Å². The van der Waals surface area contributed by atoms with E-state index in [-0.39, 0.29) is 12.2 Å². The number of aromatic nitrogens is 1. The Morgan fingerprint density at radius 2 is 1.86 bits per heavy atom. The van der Waals surface area contributed by atoms with E-state index in [4.69, 9.17) is 14.2 Å². The summed E-state index contributed by atoms with van der Waals surface area (Å²) < 4.78 is 19.0. The maximum atomic E-state index is 13.8. The highest BCUT2D eigenvalue weighted by Crippen LogP contribution is 2.40. The summed E-state index contributed by atoms with van der Waals surface area (Å²) in [5.41, 5.74) is 2.11. The summed E-state index contributed by atoms with van der Waals surface area (Å²) in [5.74, 6) is 0.476. The molecule has 1 atom stereocenters. The van der Waals surface area contributed by atoms with Crippen LogP contribution in [0.5, 0.6) is 11.5 Å². The number of carbonyl (C=O) groups excluding carboxylic acids is 1. The Hall–Kier alpha value is -2.82. The van der Waals surface area contributed by atoms with Crippen molar-refractivity contribution >= 4 is 51.1 Å². The average molecular weight is 590 g/mol. The van der Waals surface area contributed by atoms with E-state index in [0.717, 1.165) is 10.5 Å². The molecule has 188 valence electrons. The van der Waals surface area contributed by atoms with Crippen LogP contribution in [-0.4, -0.2) is 37.6 Å². The number of hydrogen-bond donors (Lipinski definition) is 0. The lowest BCUT2D eigenvalue weighted by atomic mass is 9.95. The number of esters is 1. The summed E-state index contributed by atoms with van der Waals surface area (Å²) in [6.45, 7) is 3.70. The molecule has 1 aliphatic rings. The molecule has 10 heteroatoms. The number of nitrogens with zero attached hydrogens (tertiary/aromatic N) is 2. The van der Waals surface area contributed by atoms with Crippen LogP contribution < -0.4 is 24.4 Å². The molecule has 0 N–H and O–H groups in total. The van der Waals surface area contributed by atoms with Crippen LogP contribution in [0.1, 0.15) is 31.0 Å². The van der Waals surface area contributed by atoms with E-state index < -0.39 is 12.0 Å². The quantitative estimate of drug-likeness (QED) is 0.302. The number of thiazole rings is 1. The Balaban J connectivity index is 1.98. The second kappa shape index (κ2) is 11.1. The number of thioether (sulfide) groups is 1. The normalized spacial score (nSPS) is 15.4. The SMILES string of the molecule is CCOC(=O)C1=C(C)N=c2s/c(=C\c3ccc(SC)cc3)c(=O)n2[C@H]1c1cc(OC)c(OC)cc1Br. The maximum Gasteiger partial charge on any atom is 0.338 e. The second-order valence-electron chi connectivity index (χ2n) is 7.80. The second-order valence-corrected chi connectivity index (χ2v) is 10.5. The lowest BCUT2D eigenvalue weighted by Crippen LogP contribution is -2.40. The molecule has 4 rings (SSSR count). The predicted molar refractivity (Wildman–Crippen MR) is 146 cm³/mol. The van der Waals surface area contributed by atoms with Crippen LogP contribution in [0.4, 0.5) is 0 Å². The number of hydrogen-bond acceptors (Lipinski definition) is 8. The van der Waals surface area contributed by atoms with E-state index in [1.807, 2.05) is 36.6 Å². The Morgan fingerprint density at radius 1 is 1.19 bits per heavy atom. The number of halogens is 1. The van der Waals surface area contributed by atoms with E-state index >= 15 is 0 Å². The third kappa shape index (κ3) is 4.89. The van der Waals surface area contributed by atoms with Crippen molar-refractivity contribution < 1.29 is 19.0 Å². The molecule has 3 aromatic rings. The lowest BCUT2D eigenvalue weighted by molar-refractivity contribution is -0.139. The van der Waals surface area contributed by atoms with Crippen molar-refractivity contribution in [3.05, 3.63) is 83.0 Å². The fourth-order valence-corrected chi connectivity index (χ4v) is 6.01. The van der Waals surface area contributed by atoms with Gasteiger partial charge < -0.3 is 14.2 Å². The minimum atomic E-state index is -0.768. The van der Waals surface area contributed by atoms with Crippen molar-refractivity contribution in [2.75, 3.05) is 27.1 Å². The summed E-state index contributed by atoms with van der Waals surface area (Å²) in [6, 6.07) is 10.7. The summed E-state index contributed by atoms with van der Waals surface area (Å²) in [6.07, 6.45) is 3.86. The van der Waals surface area contributed by atoms with E-state index in [2.05, 4.69) is 20.9 Å². The first-order chi connectivity index (χ1) is 17.3. The van der Waals surface area contributed by atoms with Gasteiger partial charge in [-0.1, -0.05) is 39.4 Å². The van der Waals surface area contributed by atoms with Crippen LogP contribution in [-0.2, 0) is 9.53 Å². The maximum absolute atomic E-state index is 13.8. The molecule has 2 aromatic carbocycles. The Labute approximate surface area is 225 Å². The van der Waals surface area contributed by atoms with E-state index in [1.54, 1.807) is 49.4 Å². The van der Waals surface area contributed by atoms with Crippen LogP contribution in [0.25, 0.3) is 6.08 Å². The van der Waals surface area contributed by atoms with Crippen LogP contribution >= 0.6 is 39.0 Å². The average Bonchev–Trinajstić information content (AvgIpc) is 3.17. The molecule has 7 nitrogen and oxygen atoms in total. The summed E-state index contributed by atoms with van der Waals surface area (Å²) in [5, 5.41) is 0. The largest absolute Gasteiger partial charge is 0.493 e. The third-order valence-corrected chi connectivity index (χ3v) is 8.14. The van der Waals surface area contributed by atoms with Crippen LogP contribution in [0.2, 0.25) is 0 Å². The highest BCUT2D eigenvalue weighted by Gasteiger charge is 2.35. The van der Waals surface area contributed by atoms with Gasteiger partial charge in [-0.3, -0.25) is 9.36 Å². The molecule has 0 radical (unpaired) electrons. The number of carbonyl (C=O) groups is 1. The highest BCUT2D eigenvalue weighted by atomic mass is 79.9. The molecule has 1 aromatic heterocycles. The Morgan fingerprint density at radius 3 is 2.47 bits per heavy atom. The molecule has 2 heterocycles. The first-order valence-corrected chi connectivity index (χ1v) is 13.9. The molecular formula is C26H25BrN2O5S2. The molecule has 0 fully saturated rings. The van der Waals surface area contributed by atoms with Crippen molar-refractivity contribution in [2.24, 2.45) is 4.99 Å². The van der Waals surface area contributed by atoms with Gasteiger partial charge in [0.25, 0.3) is 5.56 Å². The van der Waals surface area contributed by atoms with Crippen molar-refractivity contribution in [1.29, 1.82) is 0 Å². The van der Waals surface area contributed by atoms with E-state index in [9.17, 15) is 9.59 Å². The Bertz CT molecular complexity index is 1520. The minimum absolute atomic E-state index is 0.200. The van der Waals surface area contributed by atoms with Crippen molar-refractivity contribution in [3.63, 3.8) is 0 Å². The van der Waals surface area contributed by atoms with E-state index in [0.29, 0.717) is 42.1 Å². The summed E-state index contributed by atoms with van der Waals surface area (Å²) >= 11 is 6.55. The molecule has 1 aliphatic heterocycles. The lowest BCUT2D eigenvalue weighted by Gasteiger charge is -2.26. The van der Waals surface area contributed by atoms with Crippen LogP contribution in [0.3, 0.4) is 0 Å². The monoisotopic (exact) mass is 588 g/mol. The van der Waals surface area contributed by atoms with Gasteiger partial charge in [-0.05, 0) is 61.6 Å². The van der Waals surface area contributed by atoms with Crippen LogP contribution in [0.15, 0.2) is 66.8 Å². The standard InChI is InChI=1S/C26H25BrN2O5S2/c1-6-34-25(31)22-14(2)28-26-29(23(22)17-12-19(32-3)20(33-4)13-18(17)27)24(30)21(36-26)11-15-7-9-16(35-5)10-8-15/h7-13,23H,6H2,1-5H3/b21-11-/t23-/m0/s1. The van der Waals surface area contributed by atoms with Crippen molar-refractivity contribution in [1.82, 2.24) is 4.57 Å². The topological polar surface area (TPSA) is 79.1 Å². The van der Waals surface area contributed by atoms with E-state index in [1.165, 1.54) is 18.4 Å². The first-order valence-electron chi connectivity index (χ1n) is 11.1. The number of methoxy groups -OCH3 is 2.